The fourth-order valence-corrected chi connectivity index (χ4v) is 2.44. The standard InChI is InChI=1S/C16H20N4O2/c1-18(2)15(21)12-19-7-9-20(10-8-19)16(22)14-5-3-13(11-17)4-6-14/h3-6H,7-10,12H2,1-2H3/p+1. The number of hydrogen-bond acceptors (Lipinski definition) is 3. The predicted molar refractivity (Wildman–Crippen MR) is 81.3 cm³/mol. The van der Waals surface area contributed by atoms with Crippen molar-refractivity contribution in [1.29, 1.82) is 5.26 Å². The maximum absolute atomic E-state index is 12.4. The number of nitriles is 1. The quantitative estimate of drug-likeness (QED) is 0.777. The summed E-state index contributed by atoms with van der Waals surface area (Å²) in [6, 6.07) is 8.74. The van der Waals surface area contributed by atoms with Crippen LogP contribution in [0, 0.1) is 11.3 Å². The molecule has 6 heteroatoms. The van der Waals surface area contributed by atoms with Crippen molar-refractivity contribution in [2.45, 2.75) is 0 Å². The highest BCUT2D eigenvalue weighted by Crippen LogP contribution is 2.07. The number of benzene rings is 1. The van der Waals surface area contributed by atoms with E-state index in [4.69, 9.17) is 5.26 Å². The van der Waals surface area contributed by atoms with Gasteiger partial charge in [0.1, 0.15) is 0 Å². The van der Waals surface area contributed by atoms with Gasteiger partial charge in [0, 0.05) is 19.7 Å². The average Bonchev–Trinajstić information content (AvgIpc) is 2.55. The van der Waals surface area contributed by atoms with Gasteiger partial charge in [-0.1, -0.05) is 0 Å². The molecule has 1 aliphatic rings. The van der Waals surface area contributed by atoms with Crippen LogP contribution < -0.4 is 4.90 Å². The maximum atomic E-state index is 12.4. The molecule has 1 saturated heterocycles. The van der Waals surface area contributed by atoms with E-state index in [1.165, 1.54) is 4.90 Å². The summed E-state index contributed by atoms with van der Waals surface area (Å²) >= 11 is 0. The Balaban J connectivity index is 1.89. The molecule has 1 aromatic carbocycles. The monoisotopic (exact) mass is 301 g/mol. The Bertz CT molecular complexity index is 581. The second kappa shape index (κ2) is 7.05. The van der Waals surface area contributed by atoms with E-state index < -0.39 is 0 Å². The Labute approximate surface area is 130 Å². The SMILES string of the molecule is CN(C)C(=O)C[NH+]1CCN(C(=O)c2ccc(C#N)cc2)CC1. The first kappa shape index (κ1) is 16.0. The number of carbonyl (C=O) groups excluding carboxylic acids is 2. The predicted octanol–water partition coefficient (Wildman–Crippen LogP) is -1.01. The minimum Gasteiger partial charge on any atom is -0.344 e. The summed E-state index contributed by atoms with van der Waals surface area (Å²) in [4.78, 5) is 28.7. The summed E-state index contributed by atoms with van der Waals surface area (Å²) in [5.41, 5.74) is 1.15. The molecule has 0 spiro atoms. The summed E-state index contributed by atoms with van der Waals surface area (Å²) in [5, 5.41) is 8.78. The number of hydrogen-bond donors (Lipinski definition) is 1. The second-order valence-electron chi connectivity index (χ2n) is 5.70. The van der Waals surface area contributed by atoms with Crippen LogP contribution in [0.2, 0.25) is 0 Å². The van der Waals surface area contributed by atoms with Gasteiger partial charge in [-0.05, 0) is 24.3 Å². The normalized spacial score (nSPS) is 15.2. The van der Waals surface area contributed by atoms with Gasteiger partial charge < -0.3 is 14.7 Å². The summed E-state index contributed by atoms with van der Waals surface area (Å²) in [7, 11) is 3.51. The van der Waals surface area contributed by atoms with Crippen molar-refractivity contribution in [1.82, 2.24) is 9.80 Å². The minimum atomic E-state index is -0.0116. The van der Waals surface area contributed by atoms with Gasteiger partial charge in [0.25, 0.3) is 11.8 Å². The fraction of sp³-hybridized carbons (Fsp3) is 0.438. The maximum Gasteiger partial charge on any atom is 0.277 e. The molecule has 1 aromatic rings. The van der Waals surface area contributed by atoms with Gasteiger partial charge in [0.2, 0.25) is 0 Å². The molecule has 0 unspecified atom stereocenters. The van der Waals surface area contributed by atoms with Crippen molar-refractivity contribution < 1.29 is 14.5 Å². The third-order valence-electron chi connectivity index (χ3n) is 3.92. The minimum absolute atomic E-state index is 0.0116. The van der Waals surface area contributed by atoms with E-state index in [0.717, 1.165) is 13.1 Å². The largest absolute Gasteiger partial charge is 0.344 e. The molecule has 0 aromatic heterocycles. The molecule has 0 aliphatic carbocycles. The molecule has 0 bridgehead atoms. The molecular formula is C16H21N4O2+. The number of carbonyl (C=O) groups is 2. The molecule has 0 atom stereocenters. The van der Waals surface area contributed by atoms with E-state index in [9.17, 15) is 9.59 Å². The van der Waals surface area contributed by atoms with Gasteiger partial charge in [0.05, 0.1) is 37.8 Å². The summed E-state index contributed by atoms with van der Waals surface area (Å²) in [6.45, 7) is 3.33. The van der Waals surface area contributed by atoms with E-state index in [2.05, 4.69) is 0 Å². The lowest BCUT2D eigenvalue weighted by Crippen LogP contribution is -3.15. The Hall–Kier alpha value is -2.39. The van der Waals surface area contributed by atoms with Crippen LogP contribution >= 0.6 is 0 Å². The van der Waals surface area contributed by atoms with Crippen LogP contribution in [0.25, 0.3) is 0 Å². The van der Waals surface area contributed by atoms with Crippen LogP contribution in [0.3, 0.4) is 0 Å². The number of quaternary nitrogens is 1. The number of piperazine rings is 1. The molecule has 0 radical (unpaired) electrons. The van der Waals surface area contributed by atoms with Crippen LogP contribution in [0.4, 0.5) is 0 Å². The molecule has 116 valence electrons. The van der Waals surface area contributed by atoms with E-state index >= 15 is 0 Å². The molecule has 22 heavy (non-hydrogen) atoms. The molecule has 0 saturated carbocycles. The Morgan fingerprint density at radius 1 is 1.23 bits per heavy atom. The van der Waals surface area contributed by atoms with Crippen LogP contribution in [-0.2, 0) is 4.79 Å². The molecule has 1 N–H and O–H groups in total. The number of nitrogens with one attached hydrogen (secondary N) is 1. The van der Waals surface area contributed by atoms with Gasteiger partial charge >= 0.3 is 0 Å². The zero-order chi connectivity index (χ0) is 16.1. The summed E-state index contributed by atoms with van der Waals surface area (Å²) < 4.78 is 0. The lowest BCUT2D eigenvalue weighted by Gasteiger charge is -2.32. The Morgan fingerprint density at radius 3 is 2.32 bits per heavy atom. The molecule has 1 aliphatic heterocycles. The van der Waals surface area contributed by atoms with Crippen molar-refractivity contribution in [2.75, 3.05) is 46.8 Å². The van der Waals surface area contributed by atoms with Gasteiger partial charge in [0.15, 0.2) is 6.54 Å². The number of nitrogens with zero attached hydrogens (tertiary/aromatic N) is 3. The zero-order valence-corrected chi connectivity index (χ0v) is 13.0. The first-order valence-corrected chi connectivity index (χ1v) is 7.34. The zero-order valence-electron chi connectivity index (χ0n) is 13.0. The molecular weight excluding hydrogens is 280 g/mol. The van der Waals surface area contributed by atoms with Crippen molar-refractivity contribution >= 4 is 11.8 Å². The first-order chi connectivity index (χ1) is 10.5. The first-order valence-electron chi connectivity index (χ1n) is 7.34. The van der Waals surface area contributed by atoms with Crippen molar-refractivity contribution in [3.05, 3.63) is 35.4 Å². The highest BCUT2D eigenvalue weighted by Gasteiger charge is 2.26. The van der Waals surface area contributed by atoms with Gasteiger partial charge in [-0.3, -0.25) is 9.59 Å². The average molecular weight is 301 g/mol. The van der Waals surface area contributed by atoms with E-state index in [1.54, 1.807) is 43.3 Å². The molecule has 2 rings (SSSR count). The van der Waals surface area contributed by atoms with Crippen molar-refractivity contribution in [2.24, 2.45) is 0 Å². The van der Waals surface area contributed by atoms with Crippen LogP contribution in [-0.4, -0.2) is 68.4 Å². The molecule has 1 fully saturated rings. The third-order valence-corrected chi connectivity index (χ3v) is 3.92. The van der Waals surface area contributed by atoms with Crippen molar-refractivity contribution in [3.8, 4) is 6.07 Å². The third kappa shape index (κ3) is 3.83. The van der Waals surface area contributed by atoms with Crippen molar-refractivity contribution in [3.63, 3.8) is 0 Å². The van der Waals surface area contributed by atoms with Gasteiger partial charge in [-0.2, -0.15) is 5.26 Å². The number of likely N-dealkylation sites (N-methyl/N-ethyl adjacent to an activating group) is 1. The van der Waals surface area contributed by atoms with E-state index in [1.807, 2.05) is 11.0 Å². The Kier molecular flexibility index (Phi) is 5.12. The highest BCUT2D eigenvalue weighted by molar-refractivity contribution is 5.94. The van der Waals surface area contributed by atoms with Crippen LogP contribution in [0.1, 0.15) is 15.9 Å². The lowest BCUT2D eigenvalue weighted by molar-refractivity contribution is -0.896. The van der Waals surface area contributed by atoms with Gasteiger partial charge in [-0.15, -0.1) is 0 Å². The summed E-state index contributed by atoms with van der Waals surface area (Å²) in [5.74, 6) is 0.101. The number of amides is 2. The second-order valence-corrected chi connectivity index (χ2v) is 5.70. The summed E-state index contributed by atoms with van der Waals surface area (Å²) in [6.07, 6.45) is 0. The molecule has 6 nitrogen and oxygen atoms in total. The Morgan fingerprint density at radius 2 is 1.82 bits per heavy atom. The van der Waals surface area contributed by atoms with E-state index in [0.29, 0.717) is 30.8 Å². The smallest absolute Gasteiger partial charge is 0.277 e. The highest BCUT2D eigenvalue weighted by atomic mass is 16.2. The molecule has 1 heterocycles. The molecule has 2 amide bonds. The fourth-order valence-electron chi connectivity index (χ4n) is 2.44. The number of rotatable bonds is 3. The van der Waals surface area contributed by atoms with E-state index in [-0.39, 0.29) is 11.8 Å². The van der Waals surface area contributed by atoms with Crippen LogP contribution in [0.5, 0.6) is 0 Å². The van der Waals surface area contributed by atoms with Gasteiger partial charge in [-0.25, -0.2) is 0 Å². The topological polar surface area (TPSA) is 68.8 Å². The van der Waals surface area contributed by atoms with Crippen LogP contribution in [0.15, 0.2) is 24.3 Å². The lowest BCUT2D eigenvalue weighted by atomic mass is 10.1.